The van der Waals surface area contributed by atoms with Gasteiger partial charge in [-0.05, 0) is 60.1 Å². The lowest BCUT2D eigenvalue weighted by Gasteiger charge is -2.38. The summed E-state index contributed by atoms with van der Waals surface area (Å²) in [7, 11) is 0. The third kappa shape index (κ3) is 2.56. The molecule has 1 aliphatic carbocycles. The maximum absolute atomic E-state index is 11.1. The molecule has 4 rings (SSSR count). The molecule has 5 heteroatoms. The summed E-state index contributed by atoms with van der Waals surface area (Å²) in [6.45, 7) is 0. The number of aromatic carboxylic acids is 1. The van der Waals surface area contributed by atoms with Gasteiger partial charge < -0.3 is 10.4 Å². The van der Waals surface area contributed by atoms with Crippen molar-refractivity contribution in [3.05, 3.63) is 63.1 Å². The van der Waals surface area contributed by atoms with Crippen molar-refractivity contribution in [3.63, 3.8) is 0 Å². The number of carboxylic acids is 1. The molecule has 24 heavy (non-hydrogen) atoms. The number of carbonyl (C=O) groups is 1. The Morgan fingerprint density at radius 3 is 2.58 bits per heavy atom. The van der Waals surface area contributed by atoms with Gasteiger partial charge in [-0.2, -0.15) is 0 Å². The highest BCUT2D eigenvalue weighted by Crippen LogP contribution is 2.54. The van der Waals surface area contributed by atoms with Gasteiger partial charge in [0.1, 0.15) is 0 Å². The first-order chi connectivity index (χ1) is 11.5. The van der Waals surface area contributed by atoms with Crippen LogP contribution in [0.15, 0.2) is 36.4 Å². The van der Waals surface area contributed by atoms with Crippen molar-refractivity contribution in [1.82, 2.24) is 0 Å². The van der Waals surface area contributed by atoms with Gasteiger partial charge in [0.15, 0.2) is 0 Å². The third-order valence-electron chi connectivity index (χ3n) is 5.29. The Kier molecular flexibility index (Phi) is 3.93. The zero-order chi connectivity index (χ0) is 16.8. The molecule has 2 aromatic rings. The minimum absolute atomic E-state index is 0.155. The molecule has 2 aliphatic rings. The van der Waals surface area contributed by atoms with Gasteiger partial charge in [0, 0.05) is 15.7 Å². The highest BCUT2D eigenvalue weighted by Gasteiger charge is 2.41. The predicted octanol–water partition coefficient (Wildman–Crippen LogP) is 5.74. The number of anilines is 1. The Labute approximate surface area is 150 Å². The van der Waals surface area contributed by atoms with Crippen LogP contribution >= 0.6 is 23.2 Å². The Hall–Kier alpha value is -1.71. The highest BCUT2D eigenvalue weighted by molar-refractivity contribution is 6.35. The second-order valence-corrected chi connectivity index (χ2v) is 7.44. The molecule has 1 fully saturated rings. The van der Waals surface area contributed by atoms with E-state index in [9.17, 15) is 4.79 Å². The first-order valence-electron chi connectivity index (χ1n) is 8.13. The van der Waals surface area contributed by atoms with E-state index in [1.54, 1.807) is 12.1 Å². The van der Waals surface area contributed by atoms with Crippen molar-refractivity contribution in [2.45, 2.75) is 31.2 Å². The van der Waals surface area contributed by atoms with Crippen LogP contribution in [0.1, 0.15) is 52.7 Å². The van der Waals surface area contributed by atoms with Gasteiger partial charge in [0.2, 0.25) is 0 Å². The third-order valence-corrected chi connectivity index (χ3v) is 5.82. The number of fused-ring (bicyclic) bond motifs is 3. The summed E-state index contributed by atoms with van der Waals surface area (Å²) >= 11 is 12.7. The molecule has 1 saturated carbocycles. The average Bonchev–Trinajstić information content (AvgIpc) is 3.02. The molecule has 2 aromatic carbocycles. The van der Waals surface area contributed by atoms with Crippen molar-refractivity contribution in [1.29, 1.82) is 0 Å². The number of hydrogen-bond acceptors (Lipinski definition) is 2. The maximum Gasteiger partial charge on any atom is 0.335 e. The second kappa shape index (κ2) is 5.98. The van der Waals surface area contributed by atoms with Crippen LogP contribution in [0.3, 0.4) is 0 Å². The minimum Gasteiger partial charge on any atom is -0.478 e. The van der Waals surface area contributed by atoms with Crippen LogP contribution in [0.4, 0.5) is 5.69 Å². The molecule has 1 aliphatic heterocycles. The Morgan fingerprint density at radius 1 is 1.12 bits per heavy atom. The van der Waals surface area contributed by atoms with E-state index < -0.39 is 5.97 Å². The van der Waals surface area contributed by atoms with Gasteiger partial charge in [-0.1, -0.05) is 41.8 Å². The number of nitrogens with one attached hydrogen (secondary N) is 1. The van der Waals surface area contributed by atoms with Crippen molar-refractivity contribution < 1.29 is 9.90 Å². The van der Waals surface area contributed by atoms with E-state index in [-0.39, 0.29) is 6.04 Å². The number of benzene rings is 2. The second-order valence-electron chi connectivity index (χ2n) is 6.60. The molecular formula is C19H17Cl2NO2. The van der Waals surface area contributed by atoms with E-state index in [2.05, 4.69) is 5.32 Å². The molecule has 1 heterocycles. The SMILES string of the molecule is O=C(O)c1ccc(C2Nc3cc(Cl)cc(Cl)c3C3CCCC32)cc1. The molecule has 0 saturated heterocycles. The topological polar surface area (TPSA) is 49.3 Å². The smallest absolute Gasteiger partial charge is 0.335 e. The molecule has 0 spiro atoms. The summed E-state index contributed by atoms with van der Waals surface area (Å²) in [6, 6.07) is 11.1. The number of carboxylic acid groups (broad SMARTS) is 1. The van der Waals surface area contributed by atoms with Crippen molar-refractivity contribution in [3.8, 4) is 0 Å². The van der Waals surface area contributed by atoms with Crippen molar-refractivity contribution >= 4 is 34.9 Å². The zero-order valence-electron chi connectivity index (χ0n) is 12.9. The lowest BCUT2D eigenvalue weighted by molar-refractivity contribution is 0.0697. The highest BCUT2D eigenvalue weighted by atomic mass is 35.5. The van der Waals surface area contributed by atoms with E-state index in [0.29, 0.717) is 22.4 Å². The number of hydrogen-bond donors (Lipinski definition) is 2. The molecule has 124 valence electrons. The Bertz CT molecular complexity index is 804. The van der Waals surface area contributed by atoms with Crippen LogP contribution in [0.5, 0.6) is 0 Å². The largest absolute Gasteiger partial charge is 0.478 e. The van der Waals surface area contributed by atoms with Gasteiger partial charge in [-0.25, -0.2) is 4.79 Å². The molecule has 3 atom stereocenters. The molecule has 3 unspecified atom stereocenters. The van der Waals surface area contributed by atoms with E-state index in [0.717, 1.165) is 29.1 Å². The van der Waals surface area contributed by atoms with Crippen LogP contribution in [0.2, 0.25) is 10.0 Å². The lowest BCUT2D eigenvalue weighted by atomic mass is 9.77. The molecule has 3 nitrogen and oxygen atoms in total. The minimum atomic E-state index is -0.902. The van der Waals surface area contributed by atoms with Gasteiger partial charge in [-0.3, -0.25) is 0 Å². The van der Waals surface area contributed by atoms with Crippen LogP contribution in [-0.2, 0) is 0 Å². The van der Waals surface area contributed by atoms with Crippen molar-refractivity contribution in [2.24, 2.45) is 5.92 Å². The average molecular weight is 362 g/mol. The van der Waals surface area contributed by atoms with Gasteiger partial charge in [0.25, 0.3) is 0 Å². The fraction of sp³-hybridized carbons (Fsp3) is 0.316. The maximum atomic E-state index is 11.1. The summed E-state index contributed by atoms with van der Waals surface area (Å²) in [5.41, 5.74) is 3.60. The monoisotopic (exact) mass is 361 g/mol. The molecule has 0 aromatic heterocycles. The van der Waals surface area contributed by atoms with Gasteiger partial charge >= 0.3 is 5.97 Å². The summed E-state index contributed by atoms with van der Waals surface area (Å²) in [5.74, 6) is -0.0113. The Morgan fingerprint density at radius 2 is 1.88 bits per heavy atom. The molecule has 0 bridgehead atoms. The predicted molar refractivity (Wildman–Crippen MR) is 96.3 cm³/mol. The molecule has 2 N–H and O–H groups in total. The van der Waals surface area contributed by atoms with E-state index in [4.69, 9.17) is 28.3 Å². The normalized spacial score (nSPS) is 24.8. The van der Waals surface area contributed by atoms with E-state index in [1.807, 2.05) is 24.3 Å². The summed E-state index contributed by atoms with van der Waals surface area (Å²) < 4.78 is 0. The van der Waals surface area contributed by atoms with Crippen LogP contribution in [-0.4, -0.2) is 11.1 Å². The number of rotatable bonds is 2. The standard InChI is InChI=1S/C19H17Cl2NO2/c20-12-8-15(21)17-13-2-1-3-14(13)18(22-16(17)9-12)10-4-6-11(7-5-10)19(23)24/h4-9,13-14,18,22H,1-3H2,(H,23,24). The molecule has 0 amide bonds. The van der Waals surface area contributed by atoms with Gasteiger partial charge in [0.05, 0.1) is 11.6 Å². The van der Waals surface area contributed by atoms with Gasteiger partial charge in [-0.15, -0.1) is 0 Å². The van der Waals surface area contributed by atoms with Crippen molar-refractivity contribution in [2.75, 3.05) is 5.32 Å². The molecule has 0 radical (unpaired) electrons. The summed E-state index contributed by atoms with van der Waals surface area (Å²) in [6.07, 6.45) is 3.45. The van der Waals surface area contributed by atoms with E-state index >= 15 is 0 Å². The zero-order valence-corrected chi connectivity index (χ0v) is 14.4. The quantitative estimate of drug-likeness (QED) is 0.716. The Balaban J connectivity index is 1.76. The summed E-state index contributed by atoms with van der Waals surface area (Å²) in [5, 5.41) is 14.0. The fourth-order valence-corrected chi connectivity index (χ4v) is 4.90. The first-order valence-corrected chi connectivity index (χ1v) is 8.89. The fourth-order valence-electron chi connectivity index (χ4n) is 4.27. The molecular weight excluding hydrogens is 345 g/mol. The number of halogens is 2. The van der Waals surface area contributed by atoms with Crippen LogP contribution < -0.4 is 5.32 Å². The lowest BCUT2D eigenvalue weighted by Crippen LogP contribution is -2.29. The summed E-state index contributed by atoms with van der Waals surface area (Å²) in [4.78, 5) is 11.1. The van der Waals surface area contributed by atoms with E-state index in [1.165, 1.54) is 12.0 Å². The van der Waals surface area contributed by atoms with Crippen LogP contribution in [0, 0.1) is 5.92 Å². The van der Waals surface area contributed by atoms with Crippen LogP contribution in [0.25, 0.3) is 0 Å². The first kappa shape index (κ1) is 15.8.